The third kappa shape index (κ3) is 5.25. The summed E-state index contributed by atoms with van der Waals surface area (Å²) in [4.78, 5) is 13.2. The van der Waals surface area contributed by atoms with Crippen molar-refractivity contribution in [3.8, 4) is 0 Å². The van der Waals surface area contributed by atoms with Gasteiger partial charge in [-0.05, 0) is 30.7 Å². The van der Waals surface area contributed by atoms with Gasteiger partial charge in [-0.2, -0.15) is 26.3 Å². The van der Waals surface area contributed by atoms with Crippen molar-refractivity contribution in [3.05, 3.63) is 65.2 Å². The van der Waals surface area contributed by atoms with Gasteiger partial charge in [-0.1, -0.05) is 30.3 Å². The van der Waals surface area contributed by atoms with E-state index in [1.165, 1.54) is 31.2 Å². The molecule has 1 N–H and O–H groups in total. The number of nitrogens with zero attached hydrogens (tertiary/aromatic N) is 1. The third-order valence-electron chi connectivity index (χ3n) is 4.05. The van der Waals surface area contributed by atoms with Crippen LogP contribution in [0.15, 0.2) is 48.5 Å². The summed E-state index contributed by atoms with van der Waals surface area (Å²) in [6.07, 6.45) is -11.4. The van der Waals surface area contributed by atoms with Crippen molar-refractivity contribution in [2.75, 3.05) is 18.0 Å². The Hall–Kier alpha value is -2.55. The molecule has 0 radical (unpaired) electrons. The van der Waals surface area contributed by atoms with Gasteiger partial charge in [-0.15, -0.1) is 0 Å². The summed E-state index contributed by atoms with van der Waals surface area (Å²) in [6.45, 7) is -0.241. The van der Waals surface area contributed by atoms with Crippen molar-refractivity contribution < 1.29 is 36.2 Å². The Morgan fingerprint density at radius 3 is 2.14 bits per heavy atom. The Labute approximate surface area is 157 Å². The molecule has 0 aromatic heterocycles. The van der Waals surface area contributed by atoms with Crippen LogP contribution in [0.2, 0.25) is 0 Å². The normalized spacial score (nSPS) is 13.3. The van der Waals surface area contributed by atoms with Gasteiger partial charge >= 0.3 is 12.4 Å². The lowest BCUT2D eigenvalue weighted by molar-refractivity contribution is -0.137. The Kier molecular flexibility index (Phi) is 6.38. The molecule has 2 rings (SSSR count). The fourth-order valence-electron chi connectivity index (χ4n) is 2.71. The van der Waals surface area contributed by atoms with Crippen molar-refractivity contribution >= 4 is 11.5 Å². The number of aliphatic hydroxyl groups is 1. The molecule has 0 amide bonds. The predicted octanol–water partition coefficient (Wildman–Crippen LogP) is 5.01. The maximum Gasteiger partial charge on any atom is 0.417 e. The van der Waals surface area contributed by atoms with E-state index in [1.807, 2.05) is 0 Å². The SMILES string of the molecule is CCN(CC(F)(F)F)c1ccc(C(=O)C(O)c2ccccc2)c(C(F)(F)F)c1. The van der Waals surface area contributed by atoms with Crippen molar-refractivity contribution in [1.82, 2.24) is 0 Å². The van der Waals surface area contributed by atoms with Crippen LogP contribution >= 0.6 is 0 Å². The van der Waals surface area contributed by atoms with E-state index in [-0.39, 0.29) is 17.8 Å². The Morgan fingerprint density at radius 2 is 1.64 bits per heavy atom. The quantitative estimate of drug-likeness (QED) is 0.543. The van der Waals surface area contributed by atoms with Gasteiger partial charge < -0.3 is 10.0 Å². The summed E-state index contributed by atoms with van der Waals surface area (Å²) in [6, 6.07) is 9.70. The fourth-order valence-corrected chi connectivity index (χ4v) is 2.71. The zero-order valence-electron chi connectivity index (χ0n) is 14.7. The number of hydrogen-bond donors (Lipinski definition) is 1. The fraction of sp³-hybridized carbons (Fsp3) is 0.316. The number of carbonyl (C=O) groups excluding carboxylic acids is 1. The van der Waals surface area contributed by atoms with E-state index < -0.39 is 41.9 Å². The average Bonchev–Trinajstić information content (AvgIpc) is 2.63. The summed E-state index contributed by atoms with van der Waals surface area (Å²) in [7, 11) is 0. The molecular formula is C19H17F6NO2. The minimum atomic E-state index is -4.99. The number of halogens is 6. The number of Topliss-reactive ketones (excluding diaryl/α,β-unsaturated/α-hetero) is 1. The highest BCUT2D eigenvalue weighted by molar-refractivity contribution is 6.01. The summed E-state index contributed by atoms with van der Waals surface area (Å²) < 4.78 is 78.4. The second kappa shape index (κ2) is 8.22. The van der Waals surface area contributed by atoms with E-state index in [2.05, 4.69) is 0 Å². The standard InChI is InChI=1S/C19H17F6NO2/c1-2-26(11-18(20,21)22)13-8-9-14(15(10-13)19(23,24)25)17(28)16(27)12-6-4-3-5-7-12/h3-10,16,27H,2,11H2,1H3. The van der Waals surface area contributed by atoms with Gasteiger partial charge in [0.1, 0.15) is 12.6 Å². The van der Waals surface area contributed by atoms with Crippen molar-refractivity contribution in [3.63, 3.8) is 0 Å². The number of aliphatic hydroxyl groups excluding tert-OH is 1. The molecule has 9 heteroatoms. The Morgan fingerprint density at radius 1 is 1.04 bits per heavy atom. The molecule has 0 spiro atoms. The highest BCUT2D eigenvalue weighted by Gasteiger charge is 2.38. The second-order valence-corrected chi connectivity index (χ2v) is 6.03. The van der Waals surface area contributed by atoms with Crippen LogP contribution in [-0.4, -0.2) is 30.2 Å². The van der Waals surface area contributed by atoms with E-state index in [4.69, 9.17) is 0 Å². The summed E-state index contributed by atoms with van der Waals surface area (Å²) >= 11 is 0. The van der Waals surface area contributed by atoms with Crippen LogP contribution in [0.3, 0.4) is 0 Å². The molecule has 3 nitrogen and oxygen atoms in total. The first-order chi connectivity index (χ1) is 12.9. The molecular weight excluding hydrogens is 388 g/mol. The van der Waals surface area contributed by atoms with Crippen LogP contribution in [0.4, 0.5) is 32.0 Å². The molecule has 152 valence electrons. The zero-order chi connectivity index (χ0) is 21.1. The molecule has 0 fully saturated rings. The van der Waals surface area contributed by atoms with Crippen LogP contribution in [-0.2, 0) is 6.18 Å². The molecule has 0 saturated carbocycles. The number of anilines is 1. The van der Waals surface area contributed by atoms with E-state index in [0.717, 1.165) is 17.0 Å². The molecule has 0 aliphatic rings. The van der Waals surface area contributed by atoms with Crippen LogP contribution in [0.1, 0.15) is 34.5 Å². The number of rotatable bonds is 6. The van der Waals surface area contributed by atoms with Gasteiger partial charge in [0, 0.05) is 17.8 Å². The smallest absolute Gasteiger partial charge is 0.380 e. The van der Waals surface area contributed by atoms with Gasteiger partial charge in [-0.3, -0.25) is 4.79 Å². The molecule has 1 atom stereocenters. The number of hydrogen-bond acceptors (Lipinski definition) is 3. The average molecular weight is 405 g/mol. The molecule has 0 bridgehead atoms. The predicted molar refractivity (Wildman–Crippen MR) is 91.1 cm³/mol. The van der Waals surface area contributed by atoms with E-state index in [9.17, 15) is 36.2 Å². The van der Waals surface area contributed by atoms with Crippen LogP contribution in [0, 0.1) is 0 Å². The van der Waals surface area contributed by atoms with Gasteiger partial charge in [0.2, 0.25) is 0 Å². The lowest BCUT2D eigenvalue weighted by Crippen LogP contribution is -2.34. The van der Waals surface area contributed by atoms with E-state index in [0.29, 0.717) is 6.07 Å². The van der Waals surface area contributed by atoms with Crippen LogP contribution in [0.5, 0.6) is 0 Å². The van der Waals surface area contributed by atoms with Crippen LogP contribution < -0.4 is 4.90 Å². The van der Waals surface area contributed by atoms with Crippen LogP contribution in [0.25, 0.3) is 0 Å². The minimum Gasteiger partial charge on any atom is -0.380 e. The maximum atomic E-state index is 13.5. The molecule has 0 aliphatic carbocycles. The lowest BCUT2D eigenvalue weighted by atomic mass is 9.95. The Balaban J connectivity index is 2.47. The maximum absolute atomic E-state index is 13.5. The molecule has 2 aromatic carbocycles. The van der Waals surface area contributed by atoms with Crippen molar-refractivity contribution in [2.45, 2.75) is 25.4 Å². The first-order valence-corrected chi connectivity index (χ1v) is 8.24. The number of ketones is 1. The first kappa shape index (κ1) is 21.7. The number of carbonyl (C=O) groups is 1. The topological polar surface area (TPSA) is 40.5 Å². The molecule has 2 aromatic rings. The van der Waals surface area contributed by atoms with Crippen molar-refractivity contribution in [1.29, 1.82) is 0 Å². The number of alkyl halides is 6. The first-order valence-electron chi connectivity index (χ1n) is 8.24. The largest absolute Gasteiger partial charge is 0.417 e. The molecule has 1 unspecified atom stereocenters. The number of benzene rings is 2. The summed E-state index contributed by atoms with van der Waals surface area (Å²) in [5.74, 6) is -1.19. The third-order valence-corrected chi connectivity index (χ3v) is 4.05. The summed E-state index contributed by atoms with van der Waals surface area (Å²) in [5.41, 5.74) is -2.42. The lowest BCUT2D eigenvalue weighted by Gasteiger charge is -2.26. The summed E-state index contributed by atoms with van der Waals surface area (Å²) in [5, 5.41) is 10.1. The molecule has 0 aliphatic heterocycles. The van der Waals surface area contributed by atoms with Gasteiger partial charge in [0.15, 0.2) is 5.78 Å². The second-order valence-electron chi connectivity index (χ2n) is 6.03. The van der Waals surface area contributed by atoms with Gasteiger partial charge in [0.05, 0.1) is 5.56 Å². The highest BCUT2D eigenvalue weighted by Crippen LogP contribution is 2.37. The van der Waals surface area contributed by atoms with E-state index >= 15 is 0 Å². The monoisotopic (exact) mass is 405 g/mol. The van der Waals surface area contributed by atoms with Crippen molar-refractivity contribution in [2.24, 2.45) is 0 Å². The minimum absolute atomic E-state index is 0.108. The Bertz CT molecular complexity index is 817. The molecule has 0 heterocycles. The molecule has 28 heavy (non-hydrogen) atoms. The molecule has 0 saturated heterocycles. The highest BCUT2D eigenvalue weighted by atomic mass is 19.4. The van der Waals surface area contributed by atoms with Gasteiger partial charge in [0.25, 0.3) is 0 Å². The van der Waals surface area contributed by atoms with E-state index in [1.54, 1.807) is 6.07 Å². The van der Waals surface area contributed by atoms with Gasteiger partial charge in [-0.25, -0.2) is 0 Å². The zero-order valence-corrected chi connectivity index (χ0v) is 14.7.